The third kappa shape index (κ3) is 6.73. The minimum Gasteiger partial charge on any atom is -0.497 e. The lowest BCUT2D eigenvalue weighted by Crippen LogP contribution is -2.35. The van der Waals surface area contributed by atoms with Crippen LogP contribution in [-0.2, 0) is 11.3 Å². The number of nitrogens with one attached hydrogen (secondary N) is 2. The van der Waals surface area contributed by atoms with E-state index in [0.717, 1.165) is 10.0 Å². The normalized spacial score (nSPS) is 11.2. The Labute approximate surface area is 217 Å². The molecule has 0 atom stereocenters. The van der Waals surface area contributed by atoms with Crippen molar-refractivity contribution in [2.75, 3.05) is 13.7 Å². The Morgan fingerprint density at radius 3 is 2.56 bits per heavy atom. The largest absolute Gasteiger partial charge is 0.497 e. The molecule has 4 rings (SSSR count). The van der Waals surface area contributed by atoms with Crippen LogP contribution in [0.4, 0.5) is 0 Å². The van der Waals surface area contributed by atoms with E-state index in [2.05, 4.69) is 31.5 Å². The van der Waals surface area contributed by atoms with Crippen LogP contribution >= 0.6 is 15.9 Å². The second kappa shape index (κ2) is 12.0. The highest BCUT2D eigenvalue weighted by atomic mass is 79.9. The fourth-order valence-corrected chi connectivity index (χ4v) is 3.68. The van der Waals surface area contributed by atoms with Crippen LogP contribution in [0, 0.1) is 0 Å². The van der Waals surface area contributed by atoms with Crippen LogP contribution in [-0.4, -0.2) is 35.0 Å². The van der Waals surface area contributed by atoms with Crippen LogP contribution in [0.1, 0.15) is 22.5 Å². The number of imidazole rings is 1. The Bertz CT molecular complexity index is 1330. The summed E-state index contributed by atoms with van der Waals surface area (Å²) in [5.74, 6) is 0.886. The second-order valence-electron chi connectivity index (χ2n) is 7.86. The fraction of sp³-hybridized carbons (Fsp3) is 0.148. The topological polar surface area (TPSA) is 98.4 Å². The molecule has 8 nitrogen and oxygen atoms in total. The summed E-state index contributed by atoms with van der Waals surface area (Å²) in [6.45, 7) is 1.14. The van der Waals surface area contributed by atoms with Crippen LogP contribution in [0.3, 0.4) is 0 Å². The Hall–Kier alpha value is -4.11. The predicted molar refractivity (Wildman–Crippen MR) is 140 cm³/mol. The zero-order valence-corrected chi connectivity index (χ0v) is 21.2. The van der Waals surface area contributed by atoms with Gasteiger partial charge in [0.05, 0.1) is 13.4 Å². The number of benzene rings is 2. The van der Waals surface area contributed by atoms with Gasteiger partial charge < -0.3 is 24.4 Å². The van der Waals surface area contributed by atoms with Crippen molar-refractivity contribution in [1.29, 1.82) is 0 Å². The molecular formula is C27H25BrN4O4. The van der Waals surface area contributed by atoms with Gasteiger partial charge >= 0.3 is 0 Å². The van der Waals surface area contributed by atoms with Crippen LogP contribution in [0.15, 0.2) is 94.0 Å². The van der Waals surface area contributed by atoms with Gasteiger partial charge in [-0.15, -0.1) is 0 Å². The molecule has 0 saturated carbocycles. The highest BCUT2D eigenvalue weighted by molar-refractivity contribution is 9.10. The maximum Gasteiger partial charge on any atom is 0.267 e. The number of carbonyl (C=O) groups excluding carboxylic acids is 2. The number of rotatable bonds is 10. The van der Waals surface area contributed by atoms with Gasteiger partial charge in [0.1, 0.15) is 23.0 Å². The quantitative estimate of drug-likeness (QED) is 0.217. The lowest BCUT2D eigenvalue weighted by atomic mass is 10.2. The molecular weight excluding hydrogens is 524 g/mol. The van der Waals surface area contributed by atoms with Crippen LogP contribution in [0.25, 0.3) is 17.4 Å². The Morgan fingerprint density at radius 1 is 1.08 bits per heavy atom. The van der Waals surface area contributed by atoms with Gasteiger partial charge in [0.25, 0.3) is 11.8 Å². The molecule has 2 heterocycles. The molecule has 36 heavy (non-hydrogen) atoms. The Balaban J connectivity index is 1.50. The minimum absolute atomic E-state index is 0.0788. The van der Waals surface area contributed by atoms with Crippen LogP contribution in [0.5, 0.6) is 5.75 Å². The maximum absolute atomic E-state index is 13.0. The van der Waals surface area contributed by atoms with Crippen molar-refractivity contribution in [3.63, 3.8) is 0 Å². The fourth-order valence-electron chi connectivity index (χ4n) is 3.42. The van der Waals surface area contributed by atoms with Gasteiger partial charge in [-0.3, -0.25) is 9.59 Å². The summed E-state index contributed by atoms with van der Waals surface area (Å²) in [4.78, 5) is 29.9. The number of methoxy groups -OCH3 is 1. The van der Waals surface area contributed by atoms with Gasteiger partial charge in [-0.2, -0.15) is 0 Å². The lowest BCUT2D eigenvalue weighted by molar-refractivity contribution is -0.117. The van der Waals surface area contributed by atoms with Gasteiger partial charge in [0.2, 0.25) is 0 Å². The molecule has 0 aliphatic carbocycles. The van der Waals surface area contributed by atoms with E-state index in [4.69, 9.17) is 9.15 Å². The summed E-state index contributed by atoms with van der Waals surface area (Å²) >= 11 is 3.42. The molecule has 0 bridgehead atoms. The molecule has 0 aliphatic heterocycles. The molecule has 184 valence electrons. The van der Waals surface area contributed by atoms with Gasteiger partial charge in [-0.25, -0.2) is 4.98 Å². The molecule has 0 spiro atoms. The van der Waals surface area contributed by atoms with Crippen LogP contribution in [0.2, 0.25) is 0 Å². The number of hydrogen-bond acceptors (Lipinski definition) is 5. The van der Waals surface area contributed by atoms with Crippen molar-refractivity contribution in [2.45, 2.75) is 13.0 Å². The number of halogens is 1. The first kappa shape index (κ1) is 25.0. The molecule has 0 unspecified atom stereocenters. The minimum atomic E-state index is -0.419. The summed E-state index contributed by atoms with van der Waals surface area (Å²) < 4.78 is 14.0. The number of hydrogen-bond donors (Lipinski definition) is 2. The molecule has 2 aromatic carbocycles. The van der Waals surface area contributed by atoms with E-state index in [1.165, 1.54) is 6.08 Å². The zero-order chi connectivity index (χ0) is 25.3. The van der Waals surface area contributed by atoms with Crippen molar-refractivity contribution in [2.24, 2.45) is 0 Å². The monoisotopic (exact) mass is 548 g/mol. The summed E-state index contributed by atoms with van der Waals surface area (Å²) in [5.41, 5.74) is 1.37. The number of aromatic nitrogens is 2. The van der Waals surface area contributed by atoms with Gasteiger partial charge in [0.15, 0.2) is 0 Å². The first-order chi connectivity index (χ1) is 17.5. The van der Waals surface area contributed by atoms with Crippen molar-refractivity contribution in [1.82, 2.24) is 20.2 Å². The van der Waals surface area contributed by atoms with Gasteiger partial charge in [0, 0.05) is 47.2 Å². The summed E-state index contributed by atoms with van der Waals surface area (Å²) in [6, 6.07) is 17.9. The molecule has 0 radical (unpaired) electrons. The lowest BCUT2D eigenvalue weighted by Gasteiger charge is -2.11. The highest BCUT2D eigenvalue weighted by Crippen LogP contribution is 2.25. The molecule has 0 fully saturated rings. The summed E-state index contributed by atoms with van der Waals surface area (Å²) in [5, 5.41) is 5.58. The number of carbonyl (C=O) groups is 2. The first-order valence-corrected chi connectivity index (χ1v) is 12.1. The van der Waals surface area contributed by atoms with E-state index in [1.54, 1.807) is 50.0 Å². The van der Waals surface area contributed by atoms with Crippen molar-refractivity contribution < 1.29 is 18.7 Å². The van der Waals surface area contributed by atoms with Gasteiger partial charge in [-0.1, -0.05) is 28.1 Å². The molecule has 2 aromatic heterocycles. The summed E-state index contributed by atoms with van der Waals surface area (Å²) in [7, 11) is 1.55. The molecule has 0 aliphatic rings. The van der Waals surface area contributed by atoms with Gasteiger partial charge in [-0.05, 0) is 55.0 Å². The molecule has 4 aromatic rings. The Morgan fingerprint density at radius 2 is 1.86 bits per heavy atom. The maximum atomic E-state index is 13.0. The SMILES string of the molecule is COc1ccc(C(=O)NC(=Cc2ccc(-c3ccc(Br)cc3)o2)C(=O)NCCCn2ccnc2)cc1. The molecule has 9 heteroatoms. The number of aryl methyl sites for hydroxylation is 1. The van der Waals surface area contributed by atoms with Crippen molar-refractivity contribution in [3.05, 3.63) is 101 Å². The molecule has 2 N–H and O–H groups in total. The third-order valence-electron chi connectivity index (χ3n) is 5.32. The van der Waals surface area contributed by atoms with E-state index in [9.17, 15) is 9.59 Å². The Kier molecular flexibility index (Phi) is 8.36. The highest BCUT2D eigenvalue weighted by Gasteiger charge is 2.16. The second-order valence-corrected chi connectivity index (χ2v) is 8.78. The zero-order valence-electron chi connectivity index (χ0n) is 19.6. The smallest absolute Gasteiger partial charge is 0.267 e. The van der Waals surface area contributed by atoms with Crippen LogP contribution < -0.4 is 15.4 Å². The number of ether oxygens (including phenoxy) is 1. The first-order valence-electron chi connectivity index (χ1n) is 11.3. The average molecular weight is 549 g/mol. The van der Waals surface area contributed by atoms with E-state index in [-0.39, 0.29) is 5.70 Å². The summed E-state index contributed by atoms with van der Waals surface area (Å²) in [6.07, 6.45) is 7.52. The molecule has 0 saturated heterocycles. The third-order valence-corrected chi connectivity index (χ3v) is 5.85. The number of amides is 2. The predicted octanol–water partition coefficient (Wildman–Crippen LogP) is 4.89. The standard InChI is InChI=1S/C27H25BrN4O4/c1-35-22-9-5-20(6-10-22)26(33)31-24(27(34)30-13-2-15-32-16-14-29-18-32)17-23-11-12-25(36-23)19-3-7-21(28)8-4-19/h3-12,14,16-18H,2,13,15H2,1H3,(H,30,34)(H,31,33). The van der Waals surface area contributed by atoms with E-state index >= 15 is 0 Å². The van der Waals surface area contributed by atoms with E-state index in [0.29, 0.717) is 42.3 Å². The van der Waals surface area contributed by atoms with E-state index < -0.39 is 11.8 Å². The number of nitrogens with zero attached hydrogens (tertiary/aromatic N) is 2. The number of furan rings is 1. The van der Waals surface area contributed by atoms with Crippen molar-refractivity contribution >= 4 is 33.8 Å². The molecule has 2 amide bonds. The average Bonchev–Trinajstić information content (AvgIpc) is 3.59. The van der Waals surface area contributed by atoms with Crippen molar-refractivity contribution in [3.8, 4) is 17.1 Å². The van der Waals surface area contributed by atoms with E-state index in [1.807, 2.05) is 41.1 Å².